The fourth-order valence-corrected chi connectivity index (χ4v) is 7.01. The van der Waals surface area contributed by atoms with Crippen LogP contribution in [0.3, 0.4) is 0 Å². The maximum atomic E-state index is 13.8. The Morgan fingerprint density at radius 2 is 1.38 bits per heavy atom. The molecular formula is C46H51N3O7. The molecule has 0 aromatic heterocycles. The predicted octanol–water partition coefficient (Wildman–Crippen LogP) is 6.73. The lowest BCUT2D eigenvalue weighted by atomic mass is 9.98. The SMILES string of the molecule is C=CCC[C@H](NC(=O)OCC1c2ccccc2-c2ccccc21)C(=O)OC[C@H](Cc1ccccc1)NC(=O)[C@H](CC=C)CC(=O)N(CCO)Cc1ccccc1. The summed E-state index contributed by atoms with van der Waals surface area (Å²) in [7, 11) is 0. The van der Waals surface area contributed by atoms with Gasteiger partial charge in [-0.2, -0.15) is 0 Å². The lowest BCUT2D eigenvalue weighted by Gasteiger charge is -2.26. The largest absolute Gasteiger partial charge is 0.462 e. The number of esters is 1. The third-order valence-electron chi connectivity index (χ3n) is 9.86. The number of nitrogens with zero attached hydrogens (tertiary/aromatic N) is 1. The number of alkyl carbamates (subject to hydrolysis) is 1. The molecule has 0 saturated carbocycles. The average Bonchev–Trinajstić information content (AvgIpc) is 3.54. The first kappa shape index (κ1) is 41.2. The summed E-state index contributed by atoms with van der Waals surface area (Å²) in [4.78, 5) is 55.5. The van der Waals surface area contributed by atoms with E-state index in [-0.39, 0.29) is 63.4 Å². The van der Waals surface area contributed by atoms with E-state index in [1.807, 2.05) is 97.1 Å². The molecule has 3 atom stereocenters. The molecule has 0 spiro atoms. The zero-order valence-electron chi connectivity index (χ0n) is 31.7. The zero-order chi connectivity index (χ0) is 39.7. The molecule has 292 valence electrons. The molecule has 5 rings (SSSR count). The van der Waals surface area contributed by atoms with Crippen molar-refractivity contribution < 1.29 is 33.8 Å². The van der Waals surface area contributed by atoms with Crippen LogP contribution in [-0.2, 0) is 36.8 Å². The summed E-state index contributed by atoms with van der Waals surface area (Å²) in [6.45, 7) is 7.67. The number of aliphatic hydroxyl groups excluding tert-OH is 1. The first-order valence-corrected chi connectivity index (χ1v) is 19.1. The Morgan fingerprint density at radius 3 is 1.98 bits per heavy atom. The summed E-state index contributed by atoms with van der Waals surface area (Å²) in [6, 6.07) is 33.3. The van der Waals surface area contributed by atoms with Crippen LogP contribution in [0.5, 0.6) is 0 Å². The standard InChI is InChI=1S/C46H51N3O7/c1-3-5-25-42(48-46(54)56-32-41-39-23-14-12-21-37(39)38-22-13-15-24-40(38)41)45(53)55-31-36(28-33-17-8-6-9-18-33)47-44(52)35(16-4-2)29-43(51)49(26-27-50)30-34-19-10-7-11-20-34/h3-4,6-15,17-24,35-36,41-42,50H,1-2,5,16,25-32H2,(H,47,52)(H,48,54)/t35-,36+,42+/m1/s1. The van der Waals surface area contributed by atoms with Crippen molar-refractivity contribution in [1.29, 1.82) is 0 Å². The second kappa shape index (κ2) is 21.2. The minimum absolute atomic E-state index is 0.0899. The van der Waals surface area contributed by atoms with Gasteiger partial charge in [0.25, 0.3) is 0 Å². The van der Waals surface area contributed by atoms with Crippen LogP contribution in [0.15, 0.2) is 135 Å². The van der Waals surface area contributed by atoms with Gasteiger partial charge in [-0.15, -0.1) is 13.2 Å². The molecule has 0 radical (unpaired) electrons. The second-order valence-electron chi connectivity index (χ2n) is 13.9. The maximum Gasteiger partial charge on any atom is 0.407 e. The molecule has 3 amide bonds. The van der Waals surface area contributed by atoms with E-state index in [1.54, 1.807) is 12.2 Å². The molecule has 4 aromatic rings. The summed E-state index contributed by atoms with van der Waals surface area (Å²) in [5, 5.41) is 15.4. The Kier molecular flexibility index (Phi) is 15.6. The summed E-state index contributed by atoms with van der Waals surface area (Å²) >= 11 is 0. The van der Waals surface area contributed by atoms with Crippen molar-refractivity contribution in [3.05, 3.63) is 157 Å². The van der Waals surface area contributed by atoms with E-state index in [9.17, 15) is 24.3 Å². The highest BCUT2D eigenvalue weighted by molar-refractivity contribution is 5.86. The number of hydrogen-bond donors (Lipinski definition) is 3. The van der Waals surface area contributed by atoms with E-state index in [4.69, 9.17) is 9.47 Å². The van der Waals surface area contributed by atoms with Crippen LogP contribution in [0.2, 0.25) is 0 Å². The number of aliphatic hydroxyl groups is 1. The highest BCUT2D eigenvalue weighted by Gasteiger charge is 2.31. The van der Waals surface area contributed by atoms with Gasteiger partial charge >= 0.3 is 12.1 Å². The van der Waals surface area contributed by atoms with Crippen LogP contribution in [-0.4, -0.2) is 72.3 Å². The molecule has 0 bridgehead atoms. The summed E-state index contributed by atoms with van der Waals surface area (Å²) in [5.74, 6) is -2.23. The molecule has 0 heterocycles. The van der Waals surface area contributed by atoms with Crippen molar-refractivity contribution in [2.75, 3.05) is 26.4 Å². The number of benzene rings is 4. The summed E-state index contributed by atoms with van der Waals surface area (Å²) < 4.78 is 11.5. The van der Waals surface area contributed by atoms with E-state index in [0.717, 1.165) is 33.4 Å². The van der Waals surface area contributed by atoms with Crippen molar-refractivity contribution in [1.82, 2.24) is 15.5 Å². The van der Waals surface area contributed by atoms with Gasteiger partial charge in [0.2, 0.25) is 11.8 Å². The third kappa shape index (κ3) is 11.5. The van der Waals surface area contributed by atoms with E-state index in [1.165, 1.54) is 4.90 Å². The maximum absolute atomic E-state index is 13.8. The first-order chi connectivity index (χ1) is 27.3. The molecule has 56 heavy (non-hydrogen) atoms. The Labute approximate surface area is 329 Å². The lowest BCUT2D eigenvalue weighted by molar-refractivity contribution is -0.147. The van der Waals surface area contributed by atoms with Gasteiger partial charge in [-0.05, 0) is 59.1 Å². The van der Waals surface area contributed by atoms with Crippen LogP contribution in [0.25, 0.3) is 11.1 Å². The van der Waals surface area contributed by atoms with Crippen LogP contribution >= 0.6 is 0 Å². The van der Waals surface area contributed by atoms with Gasteiger partial charge < -0.3 is 30.1 Å². The molecule has 1 aliphatic rings. The molecular weight excluding hydrogens is 707 g/mol. The zero-order valence-corrected chi connectivity index (χ0v) is 31.7. The normalized spacial score (nSPS) is 13.2. The Balaban J connectivity index is 1.22. The fourth-order valence-electron chi connectivity index (χ4n) is 7.01. The number of ether oxygens (including phenoxy) is 2. The Hall–Kier alpha value is -6.00. The van der Waals surface area contributed by atoms with Gasteiger partial charge in [-0.1, -0.05) is 121 Å². The van der Waals surface area contributed by atoms with Gasteiger partial charge in [0.1, 0.15) is 19.3 Å². The number of hydrogen-bond acceptors (Lipinski definition) is 7. The molecule has 0 saturated heterocycles. The molecule has 10 nitrogen and oxygen atoms in total. The summed E-state index contributed by atoms with van der Waals surface area (Å²) in [6.07, 6.45) is 3.65. The van der Waals surface area contributed by atoms with Gasteiger partial charge in [0.05, 0.1) is 18.6 Å². The predicted molar refractivity (Wildman–Crippen MR) is 216 cm³/mol. The average molecular weight is 758 g/mol. The number of nitrogens with one attached hydrogen (secondary N) is 2. The number of amides is 3. The van der Waals surface area contributed by atoms with Crippen molar-refractivity contribution in [2.24, 2.45) is 5.92 Å². The first-order valence-electron chi connectivity index (χ1n) is 19.1. The lowest BCUT2D eigenvalue weighted by Crippen LogP contribution is -2.47. The molecule has 10 heteroatoms. The topological polar surface area (TPSA) is 134 Å². The highest BCUT2D eigenvalue weighted by atomic mass is 16.6. The van der Waals surface area contributed by atoms with Crippen LogP contribution in [0.4, 0.5) is 4.79 Å². The number of carbonyl (C=O) groups excluding carboxylic acids is 4. The van der Waals surface area contributed by atoms with E-state index in [2.05, 4.69) is 35.9 Å². The number of carbonyl (C=O) groups is 4. The highest BCUT2D eigenvalue weighted by Crippen LogP contribution is 2.44. The monoisotopic (exact) mass is 757 g/mol. The van der Waals surface area contributed by atoms with Crippen molar-refractivity contribution >= 4 is 23.9 Å². The molecule has 1 aliphatic carbocycles. The fraction of sp³-hybridized carbons (Fsp3) is 0.304. The third-order valence-corrected chi connectivity index (χ3v) is 9.86. The van der Waals surface area contributed by atoms with Gasteiger partial charge in [0, 0.05) is 25.4 Å². The Bertz CT molecular complexity index is 1890. The second-order valence-corrected chi connectivity index (χ2v) is 13.9. The molecule has 0 aliphatic heterocycles. The van der Waals surface area contributed by atoms with Crippen molar-refractivity contribution in [2.45, 2.75) is 56.7 Å². The number of rotatable bonds is 21. The van der Waals surface area contributed by atoms with Crippen LogP contribution in [0, 0.1) is 5.92 Å². The van der Waals surface area contributed by atoms with Gasteiger partial charge in [0.15, 0.2) is 0 Å². The number of allylic oxidation sites excluding steroid dienone is 2. The molecule has 4 aromatic carbocycles. The number of fused-ring (bicyclic) bond motifs is 3. The smallest absolute Gasteiger partial charge is 0.407 e. The van der Waals surface area contributed by atoms with E-state index in [0.29, 0.717) is 19.4 Å². The minimum Gasteiger partial charge on any atom is -0.462 e. The molecule has 0 unspecified atom stereocenters. The van der Waals surface area contributed by atoms with E-state index >= 15 is 0 Å². The summed E-state index contributed by atoms with van der Waals surface area (Å²) in [5.41, 5.74) is 6.17. The van der Waals surface area contributed by atoms with Crippen molar-refractivity contribution in [3.63, 3.8) is 0 Å². The van der Waals surface area contributed by atoms with Gasteiger partial charge in [-0.25, -0.2) is 9.59 Å². The van der Waals surface area contributed by atoms with Crippen LogP contribution < -0.4 is 10.6 Å². The quantitative estimate of drug-likeness (QED) is 0.0634. The van der Waals surface area contributed by atoms with Crippen LogP contribution in [0.1, 0.15) is 53.9 Å². The van der Waals surface area contributed by atoms with E-state index < -0.39 is 30.1 Å². The van der Waals surface area contributed by atoms with Gasteiger partial charge in [-0.3, -0.25) is 9.59 Å². The Morgan fingerprint density at radius 1 is 0.768 bits per heavy atom. The molecule has 0 fully saturated rings. The minimum atomic E-state index is -1.02. The van der Waals surface area contributed by atoms with Crippen molar-refractivity contribution in [3.8, 4) is 11.1 Å². The molecule has 3 N–H and O–H groups in total.